The Morgan fingerprint density at radius 2 is 0.481 bits per heavy atom. The highest BCUT2D eigenvalue weighted by Crippen LogP contribution is 2.18. The summed E-state index contributed by atoms with van der Waals surface area (Å²) >= 11 is 0. The summed E-state index contributed by atoms with van der Waals surface area (Å²) in [7, 11) is 0. The SMILES string of the molecule is CC/C=C\C/C=C\C/C=C\C/C=C\C/C=C\C/C=C\C/C=C\CCCCCCCC(=O)OC(COC(=O)CCCCCCCCC)COC(=O)CCCCCCCCCCCCCCCCCCCCCCCCCCCCCCC. The van der Waals surface area contributed by atoms with Crippen LogP contribution in [0.15, 0.2) is 85.1 Å². The van der Waals surface area contributed by atoms with Gasteiger partial charge in [-0.2, -0.15) is 0 Å². The smallest absolute Gasteiger partial charge is 0.306 e. The summed E-state index contributed by atoms with van der Waals surface area (Å²) in [5.41, 5.74) is 0. The van der Waals surface area contributed by atoms with E-state index in [9.17, 15) is 14.4 Å². The Hall–Kier alpha value is -3.41. The topological polar surface area (TPSA) is 78.9 Å². The Morgan fingerprint density at radius 1 is 0.259 bits per heavy atom. The van der Waals surface area contributed by atoms with Gasteiger partial charge in [0, 0.05) is 19.3 Å². The molecule has 0 aromatic rings. The average Bonchev–Trinajstić information content (AvgIpc) is 3.46. The molecule has 468 valence electrons. The average molecular weight is 1130 g/mol. The Bertz CT molecular complexity index is 1530. The number of ether oxygens (including phenoxy) is 3. The minimum absolute atomic E-state index is 0.0809. The maximum Gasteiger partial charge on any atom is 0.306 e. The van der Waals surface area contributed by atoms with Crippen molar-refractivity contribution in [1.29, 1.82) is 0 Å². The fourth-order valence-corrected chi connectivity index (χ4v) is 10.2. The minimum atomic E-state index is -0.785. The molecule has 81 heavy (non-hydrogen) atoms. The van der Waals surface area contributed by atoms with E-state index in [1.807, 2.05) is 0 Å². The molecule has 0 spiro atoms. The van der Waals surface area contributed by atoms with Crippen LogP contribution in [0.3, 0.4) is 0 Å². The second kappa shape index (κ2) is 69.1. The number of hydrogen-bond donors (Lipinski definition) is 0. The number of rotatable bonds is 64. The predicted molar refractivity (Wildman–Crippen MR) is 353 cm³/mol. The van der Waals surface area contributed by atoms with E-state index in [4.69, 9.17) is 14.2 Å². The molecule has 0 rings (SSSR count). The van der Waals surface area contributed by atoms with Crippen LogP contribution in [0.5, 0.6) is 0 Å². The van der Waals surface area contributed by atoms with Gasteiger partial charge in [0.25, 0.3) is 0 Å². The van der Waals surface area contributed by atoms with Crippen molar-refractivity contribution in [2.24, 2.45) is 0 Å². The first-order chi connectivity index (χ1) is 40.0. The van der Waals surface area contributed by atoms with Crippen molar-refractivity contribution >= 4 is 17.9 Å². The van der Waals surface area contributed by atoms with Gasteiger partial charge in [0.1, 0.15) is 13.2 Å². The Morgan fingerprint density at radius 3 is 0.753 bits per heavy atom. The highest BCUT2D eigenvalue weighted by Gasteiger charge is 2.19. The molecule has 0 aliphatic carbocycles. The molecule has 0 amide bonds. The van der Waals surface area contributed by atoms with Gasteiger partial charge < -0.3 is 14.2 Å². The van der Waals surface area contributed by atoms with Crippen molar-refractivity contribution < 1.29 is 28.6 Å². The van der Waals surface area contributed by atoms with Crippen LogP contribution in [0.25, 0.3) is 0 Å². The fraction of sp³-hybridized carbons (Fsp3) is 0.773. The van der Waals surface area contributed by atoms with Gasteiger partial charge in [0.15, 0.2) is 6.10 Å². The summed E-state index contributed by atoms with van der Waals surface area (Å²) in [4.78, 5) is 38.2. The third kappa shape index (κ3) is 67.3. The summed E-state index contributed by atoms with van der Waals surface area (Å²) < 4.78 is 16.9. The van der Waals surface area contributed by atoms with Gasteiger partial charge in [0.2, 0.25) is 0 Å². The molecule has 1 unspecified atom stereocenters. The molecule has 0 N–H and O–H groups in total. The van der Waals surface area contributed by atoms with Crippen LogP contribution < -0.4 is 0 Å². The lowest BCUT2D eigenvalue weighted by Crippen LogP contribution is -2.30. The van der Waals surface area contributed by atoms with Crippen LogP contribution in [0, 0.1) is 0 Å². The highest BCUT2D eigenvalue weighted by molar-refractivity contribution is 5.71. The lowest BCUT2D eigenvalue weighted by atomic mass is 10.0. The molecular weight excluding hydrogens is 997 g/mol. The molecule has 0 aliphatic rings. The molecule has 0 saturated heterocycles. The van der Waals surface area contributed by atoms with Crippen LogP contribution in [0.2, 0.25) is 0 Å². The Labute approximate surface area is 503 Å². The quantitative estimate of drug-likeness (QED) is 0.0261. The summed E-state index contributed by atoms with van der Waals surface area (Å²) in [6.07, 6.45) is 92.2. The third-order valence-electron chi connectivity index (χ3n) is 15.4. The van der Waals surface area contributed by atoms with Gasteiger partial charge in [-0.25, -0.2) is 0 Å². The van der Waals surface area contributed by atoms with Crippen LogP contribution in [-0.4, -0.2) is 37.2 Å². The Kier molecular flexibility index (Phi) is 66.2. The fourth-order valence-electron chi connectivity index (χ4n) is 10.2. The monoisotopic (exact) mass is 1130 g/mol. The van der Waals surface area contributed by atoms with Crippen LogP contribution >= 0.6 is 0 Å². The molecule has 0 fully saturated rings. The van der Waals surface area contributed by atoms with Gasteiger partial charge in [-0.15, -0.1) is 0 Å². The second-order valence-electron chi connectivity index (χ2n) is 23.4. The maximum absolute atomic E-state index is 12.9. The molecule has 0 saturated carbocycles. The zero-order chi connectivity index (χ0) is 58.5. The summed E-state index contributed by atoms with van der Waals surface area (Å²) in [5, 5.41) is 0. The standard InChI is InChI=1S/C75H132O6/c1-4-7-10-13-16-18-20-22-24-26-28-30-32-34-36-37-39-40-42-44-46-48-50-52-54-56-59-62-65-68-74(77)80-71-72(70-79-73(76)67-64-61-58-15-12-9-6-3)81-75(78)69-66-63-60-57-55-53-51-49-47-45-43-41-38-35-33-31-29-27-25-23-21-19-17-14-11-8-5-2/h8,11,17,19,23,25,29,31,35,38,43,45,49,51,72H,4-7,9-10,12-16,18,20-22,24,26-28,30,32-34,36-37,39-42,44,46-48,50,52-71H2,1-3H3/b11-8-,19-17-,25-23-,31-29-,38-35-,45-43-,51-49-. The number of esters is 3. The van der Waals surface area contributed by atoms with E-state index >= 15 is 0 Å². The van der Waals surface area contributed by atoms with E-state index in [0.717, 1.165) is 122 Å². The van der Waals surface area contributed by atoms with Crippen LogP contribution in [0.1, 0.15) is 355 Å². The van der Waals surface area contributed by atoms with Crippen molar-refractivity contribution in [3.8, 4) is 0 Å². The lowest BCUT2D eigenvalue weighted by Gasteiger charge is -2.18. The van der Waals surface area contributed by atoms with E-state index in [2.05, 4.69) is 106 Å². The van der Waals surface area contributed by atoms with E-state index in [0.29, 0.717) is 19.3 Å². The molecule has 0 heterocycles. The van der Waals surface area contributed by atoms with Crippen LogP contribution in [-0.2, 0) is 28.6 Å². The maximum atomic E-state index is 12.9. The first-order valence-corrected chi connectivity index (χ1v) is 35.1. The summed E-state index contributed by atoms with van der Waals surface area (Å²) in [6, 6.07) is 0. The van der Waals surface area contributed by atoms with Crippen molar-refractivity contribution in [3.63, 3.8) is 0 Å². The summed E-state index contributed by atoms with van der Waals surface area (Å²) in [5.74, 6) is -0.892. The first-order valence-electron chi connectivity index (χ1n) is 35.1. The van der Waals surface area contributed by atoms with E-state index in [-0.39, 0.29) is 31.1 Å². The van der Waals surface area contributed by atoms with Gasteiger partial charge in [-0.3, -0.25) is 14.4 Å². The third-order valence-corrected chi connectivity index (χ3v) is 15.4. The van der Waals surface area contributed by atoms with Crippen molar-refractivity contribution in [2.45, 2.75) is 361 Å². The molecule has 0 bridgehead atoms. The molecule has 6 nitrogen and oxygen atoms in total. The molecule has 0 aliphatic heterocycles. The predicted octanol–water partition coefficient (Wildman–Crippen LogP) is 24.2. The Balaban J connectivity index is 4.10. The molecule has 0 aromatic carbocycles. The van der Waals surface area contributed by atoms with Gasteiger partial charge in [-0.05, 0) is 77.0 Å². The molecule has 6 heteroatoms. The van der Waals surface area contributed by atoms with Crippen molar-refractivity contribution in [3.05, 3.63) is 85.1 Å². The second-order valence-corrected chi connectivity index (χ2v) is 23.4. The highest BCUT2D eigenvalue weighted by atomic mass is 16.6. The van der Waals surface area contributed by atoms with E-state index in [1.165, 1.54) is 193 Å². The largest absolute Gasteiger partial charge is 0.462 e. The number of hydrogen-bond acceptors (Lipinski definition) is 6. The molecule has 1 atom stereocenters. The van der Waals surface area contributed by atoms with E-state index < -0.39 is 6.10 Å². The lowest BCUT2D eigenvalue weighted by molar-refractivity contribution is -0.167. The van der Waals surface area contributed by atoms with Crippen LogP contribution in [0.4, 0.5) is 0 Å². The van der Waals surface area contributed by atoms with E-state index in [1.54, 1.807) is 0 Å². The van der Waals surface area contributed by atoms with Gasteiger partial charge in [-0.1, -0.05) is 343 Å². The zero-order valence-electron chi connectivity index (χ0n) is 53.8. The summed E-state index contributed by atoms with van der Waals surface area (Å²) in [6.45, 7) is 6.51. The van der Waals surface area contributed by atoms with Crippen molar-refractivity contribution in [1.82, 2.24) is 0 Å². The molecule has 0 aromatic heterocycles. The normalized spacial score (nSPS) is 12.6. The first kappa shape index (κ1) is 77.6. The number of carbonyl (C=O) groups excluding carboxylic acids is 3. The molecule has 0 radical (unpaired) electrons. The zero-order valence-corrected chi connectivity index (χ0v) is 53.8. The number of carbonyl (C=O) groups is 3. The van der Waals surface area contributed by atoms with Gasteiger partial charge in [0.05, 0.1) is 0 Å². The molecular formula is C75H132O6. The number of allylic oxidation sites excluding steroid dienone is 14. The van der Waals surface area contributed by atoms with Crippen molar-refractivity contribution in [2.75, 3.05) is 13.2 Å². The van der Waals surface area contributed by atoms with Gasteiger partial charge >= 0.3 is 17.9 Å². The minimum Gasteiger partial charge on any atom is -0.462 e. The number of unbranched alkanes of at least 4 members (excludes halogenated alkanes) is 39.